The van der Waals surface area contributed by atoms with Crippen LogP contribution in [0.3, 0.4) is 0 Å². The molecule has 1 aliphatic heterocycles. The Morgan fingerprint density at radius 2 is 1.68 bits per heavy atom. The fourth-order valence-corrected chi connectivity index (χ4v) is 6.10. The van der Waals surface area contributed by atoms with Crippen LogP contribution in [0.2, 0.25) is 0 Å². The number of hydrogen-bond acceptors (Lipinski definition) is 5. The monoisotopic (exact) mass is 668 g/mol. The number of aliphatic imine (C=N–C) groups is 1. The lowest BCUT2D eigenvalue weighted by atomic mass is 9.99. The number of carbonyl (C=O) groups is 3. The Morgan fingerprint density at radius 3 is 2.23 bits per heavy atom. The summed E-state index contributed by atoms with van der Waals surface area (Å²) in [6.45, 7) is 5.50. The average molecular weight is 670 g/mol. The molecule has 3 aromatic rings. The molecule has 0 saturated carbocycles. The van der Waals surface area contributed by atoms with E-state index in [0.29, 0.717) is 11.3 Å². The highest BCUT2D eigenvalue weighted by atomic mass is 79.9. The van der Waals surface area contributed by atoms with Crippen LogP contribution in [0.5, 0.6) is 0 Å². The van der Waals surface area contributed by atoms with Gasteiger partial charge < -0.3 is 10.2 Å². The van der Waals surface area contributed by atoms with Crippen molar-refractivity contribution in [1.29, 1.82) is 0 Å². The molecule has 3 amide bonds. The van der Waals surface area contributed by atoms with Gasteiger partial charge in [0.2, 0.25) is 5.91 Å². The van der Waals surface area contributed by atoms with Crippen molar-refractivity contribution in [1.82, 2.24) is 10.2 Å². The van der Waals surface area contributed by atoms with Crippen molar-refractivity contribution in [2.24, 2.45) is 4.99 Å². The number of nitrogens with zero attached hydrogens (tertiary/aromatic N) is 3. The molecule has 9 heteroatoms. The Labute approximate surface area is 270 Å². The summed E-state index contributed by atoms with van der Waals surface area (Å²) in [6, 6.07) is 24.6. The summed E-state index contributed by atoms with van der Waals surface area (Å²) >= 11 is 4.59. The number of allylic oxidation sites excluding steroid dienone is 4. The Bertz CT molecular complexity index is 1620. The first-order valence-corrected chi connectivity index (χ1v) is 15.6. The largest absolute Gasteiger partial charge is 0.377 e. The van der Waals surface area contributed by atoms with Crippen molar-refractivity contribution in [3.63, 3.8) is 0 Å². The predicted molar refractivity (Wildman–Crippen MR) is 184 cm³/mol. The molecular weight excluding hydrogens is 636 g/mol. The van der Waals surface area contributed by atoms with Gasteiger partial charge in [0.25, 0.3) is 11.8 Å². The first-order chi connectivity index (χ1) is 21.2. The Kier molecular flexibility index (Phi) is 11.3. The molecule has 0 aromatic heterocycles. The first-order valence-electron chi connectivity index (χ1n) is 13.9. The van der Waals surface area contributed by atoms with Gasteiger partial charge in [-0.1, -0.05) is 103 Å². The number of thioether (sulfide) groups is 1. The highest BCUT2D eigenvalue weighted by Crippen LogP contribution is 2.30. The van der Waals surface area contributed by atoms with Crippen LogP contribution in [0.25, 0.3) is 6.08 Å². The molecule has 1 heterocycles. The third-order valence-corrected chi connectivity index (χ3v) is 8.25. The SMILES string of the molecule is C=C/C=C\C(=C/C)N1C(=O)/C(=C/c2ccc(N(C)C)c(Br)c2)C(=O)N=C1SCC(=O)NC(c1ccccc1)c1ccccc1. The van der Waals surface area contributed by atoms with Gasteiger partial charge in [0.15, 0.2) is 5.17 Å². The fraction of sp³-hybridized carbons (Fsp3) is 0.143. The number of hydrogen-bond donors (Lipinski definition) is 1. The molecule has 3 aromatic carbocycles. The summed E-state index contributed by atoms with van der Waals surface area (Å²) in [7, 11) is 3.86. The number of halogens is 1. The van der Waals surface area contributed by atoms with E-state index in [1.54, 1.807) is 31.2 Å². The lowest BCUT2D eigenvalue weighted by Gasteiger charge is -2.28. The van der Waals surface area contributed by atoms with Gasteiger partial charge in [-0.2, -0.15) is 4.99 Å². The van der Waals surface area contributed by atoms with Gasteiger partial charge in [0.1, 0.15) is 5.57 Å². The van der Waals surface area contributed by atoms with Crippen LogP contribution in [0.15, 0.2) is 130 Å². The molecular formula is C35H33BrN4O3S. The lowest BCUT2D eigenvalue weighted by Crippen LogP contribution is -2.42. The minimum atomic E-state index is -0.670. The molecule has 0 atom stereocenters. The quantitative estimate of drug-likeness (QED) is 0.144. The smallest absolute Gasteiger partial charge is 0.285 e. The third-order valence-electron chi connectivity index (χ3n) is 6.68. The van der Waals surface area contributed by atoms with Crippen LogP contribution >= 0.6 is 27.7 Å². The summed E-state index contributed by atoms with van der Waals surface area (Å²) < 4.78 is 0.822. The van der Waals surface area contributed by atoms with Crippen LogP contribution in [0.1, 0.15) is 29.7 Å². The number of carbonyl (C=O) groups excluding carboxylic acids is 3. The van der Waals surface area contributed by atoms with Crippen molar-refractivity contribution < 1.29 is 14.4 Å². The maximum atomic E-state index is 13.9. The summed E-state index contributed by atoms with van der Waals surface area (Å²) in [6.07, 6.45) is 8.27. The maximum Gasteiger partial charge on any atom is 0.285 e. The van der Waals surface area contributed by atoms with Crippen LogP contribution in [0.4, 0.5) is 5.69 Å². The summed E-state index contributed by atoms with van der Waals surface area (Å²) in [4.78, 5) is 48.0. The van der Waals surface area contributed by atoms with Crippen molar-refractivity contribution in [3.05, 3.63) is 142 Å². The van der Waals surface area contributed by atoms with Gasteiger partial charge in [-0.3, -0.25) is 19.3 Å². The summed E-state index contributed by atoms with van der Waals surface area (Å²) in [5.41, 5.74) is 3.91. The van der Waals surface area contributed by atoms with Gasteiger partial charge in [0.05, 0.1) is 17.5 Å². The maximum absolute atomic E-state index is 13.9. The average Bonchev–Trinajstić information content (AvgIpc) is 3.02. The Morgan fingerprint density at radius 1 is 1.05 bits per heavy atom. The van der Waals surface area contributed by atoms with Gasteiger partial charge in [-0.25, -0.2) is 0 Å². The minimum Gasteiger partial charge on any atom is -0.377 e. The minimum absolute atomic E-state index is 0.0633. The van der Waals surface area contributed by atoms with Crippen LogP contribution < -0.4 is 10.2 Å². The summed E-state index contributed by atoms with van der Waals surface area (Å²) in [5, 5.41) is 3.22. The zero-order valence-corrected chi connectivity index (χ0v) is 27.1. The molecule has 1 N–H and O–H groups in total. The van der Waals surface area contributed by atoms with Gasteiger partial charge in [-0.15, -0.1) is 0 Å². The second kappa shape index (κ2) is 15.3. The predicted octanol–water partition coefficient (Wildman–Crippen LogP) is 6.91. The van der Waals surface area contributed by atoms with E-state index in [1.807, 2.05) is 97.9 Å². The number of amidine groups is 1. The van der Waals surface area contributed by atoms with E-state index in [4.69, 9.17) is 0 Å². The van der Waals surface area contributed by atoms with E-state index in [2.05, 4.69) is 32.8 Å². The van der Waals surface area contributed by atoms with E-state index in [9.17, 15) is 14.4 Å². The lowest BCUT2D eigenvalue weighted by molar-refractivity contribution is -0.126. The van der Waals surface area contributed by atoms with Crippen molar-refractivity contribution in [2.75, 3.05) is 24.7 Å². The zero-order valence-electron chi connectivity index (χ0n) is 24.7. The molecule has 44 heavy (non-hydrogen) atoms. The molecule has 0 saturated heterocycles. The molecule has 0 radical (unpaired) electrons. The number of anilines is 1. The van der Waals surface area contributed by atoms with Crippen molar-refractivity contribution >= 4 is 62.3 Å². The van der Waals surface area contributed by atoms with Crippen LogP contribution in [-0.4, -0.2) is 47.6 Å². The number of amides is 3. The third kappa shape index (κ3) is 7.92. The van der Waals surface area contributed by atoms with Gasteiger partial charge in [0, 0.05) is 24.3 Å². The van der Waals surface area contributed by atoms with Crippen molar-refractivity contribution in [2.45, 2.75) is 13.0 Å². The Balaban J connectivity index is 1.62. The standard InChI is InChI=1S/C35H33BrN4O3S/c1-5-7-18-27(6-2)40-34(43)28(21-24-19-20-30(39(3)4)29(36)22-24)33(42)38-35(40)44-23-31(41)37-32(25-14-10-8-11-15-25)26-16-12-9-13-17-26/h5-22,32H,1,23H2,2-4H3,(H,37,41)/b18-7-,27-6+,28-21+. The molecule has 0 unspecified atom stereocenters. The molecule has 4 rings (SSSR count). The Hall–Kier alpha value is -4.47. The van der Waals surface area contributed by atoms with Crippen LogP contribution in [0, 0.1) is 0 Å². The number of rotatable bonds is 10. The molecule has 224 valence electrons. The summed E-state index contributed by atoms with van der Waals surface area (Å²) in [5.74, 6) is -1.54. The van der Waals surface area contributed by atoms with E-state index >= 15 is 0 Å². The molecule has 0 fully saturated rings. The fourth-order valence-electron chi connectivity index (χ4n) is 4.54. The number of nitrogens with one attached hydrogen (secondary N) is 1. The highest BCUT2D eigenvalue weighted by Gasteiger charge is 2.35. The topological polar surface area (TPSA) is 82.1 Å². The molecule has 0 aliphatic carbocycles. The first kappa shape index (κ1) is 32.4. The number of benzene rings is 3. The highest BCUT2D eigenvalue weighted by molar-refractivity contribution is 9.10. The molecule has 0 spiro atoms. The van der Waals surface area contributed by atoms with E-state index in [-0.39, 0.29) is 28.4 Å². The zero-order chi connectivity index (χ0) is 31.6. The second-order valence-corrected chi connectivity index (χ2v) is 11.7. The second-order valence-electron chi connectivity index (χ2n) is 9.92. The van der Waals surface area contributed by atoms with Crippen molar-refractivity contribution in [3.8, 4) is 0 Å². The van der Waals surface area contributed by atoms with E-state index in [1.165, 1.54) is 11.0 Å². The normalized spacial score (nSPS) is 14.8. The van der Waals surface area contributed by atoms with Gasteiger partial charge >= 0.3 is 0 Å². The molecule has 0 bridgehead atoms. The molecule has 7 nitrogen and oxygen atoms in total. The molecule has 1 aliphatic rings. The van der Waals surface area contributed by atoms with E-state index in [0.717, 1.165) is 33.0 Å². The van der Waals surface area contributed by atoms with Gasteiger partial charge in [-0.05, 0) is 63.8 Å². The van der Waals surface area contributed by atoms with Crippen LogP contribution in [-0.2, 0) is 14.4 Å². The van der Waals surface area contributed by atoms with E-state index < -0.39 is 11.8 Å².